The number of benzene rings is 1. The molecule has 2 nitrogen and oxygen atoms in total. The highest BCUT2D eigenvalue weighted by Gasteiger charge is 2.03. The van der Waals surface area contributed by atoms with Gasteiger partial charge < -0.3 is 5.73 Å². The van der Waals surface area contributed by atoms with Crippen LogP contribution in [0.3, 0.4) is 0 Å². The molecule has 1 aromatic heterocycles. The molecule has 1 aromatic carbocycles. The molecule has 66 valence electrons. The summed E-state index contributed by atoms with van der Waals surface area (Å²) in [4.78, 5) is 3.90. The summed E-state index contributed by atoms with van der Waals surface area (Å²) in [5.41, 5.74) is 5.75. The lowest BCUT2D eigenvalue weighted by Crippen LogP contribution is -1.91. The van der Waals surface area contributed by atoms with E-state index in [-0.39, 0.29) is 5.82 Å². The van der Waals surface area contributed by atoms with E-state index in [1.807, 2.05) is 0 Å². The zero-order valence-electron chi connectivity index (χ0n) is 6.59. The lowest BCUT2D eigenvalue weighted by Gasteiger charge is -2.00. The van der Waals surface area contributed by atoms with Gasteiger partial charge in [-0.2, -0.15) is 0 Å². The normalized spacial score (nSPS) is 10.6. The van der Waals surface area contributed by atoms with Crippen LogP contribution < -0.4 is 5.73 Å². The second kappa shape index (κ2) is 2.96. The lowest BCUT2D eigenvalue weighted by atomic mass is 10.2. The minimum Gasteiger partial charge on any atom is -0.384 e. The monoisotopic (exact) mass is 240 g/mol. The number of hydrogen-bond acceptors (Lipinski definition) is 2. The highest BCUT2D eigenvalue weighted by Crippen LogP contribution is 2.22. The molecule has 0 saturated heterocycles. The zero-order valence-corrected chi connectivity index (χ0v) is 8.18. The SMILES string of the molecule is Nc1ccc2cc(Br)cc(F)c2n1. The Hall–Kier alpha value is -1.16. The van der Waals surface area contributed by atoms with E-state index < -0.39 is 0 Å². The molecular formula is C9H6BrFN2. The van der Waals surface area contributed by atoms with E-state index in [2.05, 4.69) is 20.9 Å². The number of rotatable bonds is 0. The molecule has 0 bridgehead atoms. The van der Waals surface area contributed by atoms with E-state index in [9.17, 15) is 4.39 Å². The Morgan fingerprint density at radius 1 is 1.31 bits per heavy atom. The van der Waals surface area contributed by atoms with Crippen LogP contribution in [-0.4, -0.2) is 4.98 Å². The number of anilines is 1. The first-order chi connectivity index (χ1) is 6.16. The van der Waals surface area contributed by atoms with Crippen LogP contribution in [0, 0.1) is 5.82 Å². The lowest BCUT2D eigenvalue weighted by molar-refractivity contribution is 0.636. The number of nitrogens with zero attached hydrogens (tertiary/aromatic N) is 1. The third-order valence-corrected chi connectivity index (χ3v) is 2.19. The quantitative estimate of drug-likeness (QED) is 0.770. The van der Waals surface area contributed by atoms with Crippen molar-refractivity contribution in [2.75, 3.05) is 5.73 Å². The van der Waals surface area contributed by atoms with Gasteiger partial charge in [0.2, 0.25) is 0 Å². The average Bonchev–Trinajstić information content (AvgIpc) is 2.06. The number of aromatic nitrogens is 1. The van der Waals surface area contributed by atoms with Crippen LogP contribution in [0.2, 0.25) is 0 Å². The number of hydrogen-bond donors (Lipinski definition) is 1. The van der Waals surface area contributed by atoms with Crippen molar-refractivity contribution < 1.29 is 4.39 Å². The van der Waals surface area contributed by atoms with E-state index in [0.29, 0.717) is 15.8 Å². The number of pyridine rings is 1. The van der Waals surface area contributed by atoms with Crippen LogP contribution in [0.1, 0.15) is 0 Å². The topological polar surface area (TPSA) is 38.9 Å². The number of fused-ring (bicyclic) bond motifs is 1. The highest BCUT2D eigenvalue weighted by atomic mass is 79.9. The molecule has 0 saturated carbocycles. The van der Waals surface area contributed by atoms with Crippen LogP contribution in [-0.2, 0) is 0 Å². The largest absolute Gasteiger partial charge is 0.384 e. The van der Waals surface area contributed by atoms with Crippen LogP contribution >= 0.6 is 15.9 Å². The molecule has 2 aromatic rings. The molecule has 0 atom stereocenters. The van der Waals surface area contributed by atoms with E-state index >= 15 is 0 Å². The Labute approximate surface area is 82.7 Å². The summed E-state index contributed by atoms with van der Waals surface area (Å²) in [5, 5.41) is 0.737. The summed E-state index contributed by atoms with van der Waals surface area (Å²) in [6.45, 7) is 0. The van der Waals surface area contributed by atoms with E-state index in [1.165, 1.54) is 6.07 Å². The van der Waals surface area contributed by atoms with Crippen molar-refractivity contribution in [2.45, 2.75) is 0 Å². The third kappa shape index (κ3) is 1.49. The molecule has 0 spiro atoms. The maximum absolute atomic E-state index is 13.3. The minimum atomic E-state index is -0.364. The van der Waals surface area contributed by atoms with Crippen LogP contribution in [0.5, 0.6) is 0 Å². The molecule has 0 amide bonds. The Balaban J connectivity index is 2.87. The predicted octanol–water partition coefficient (Wildman–Crippen LogP) is 2.72. The summed E-state index contributed by atoms with van der Waals surface area (Å²) >= 11 is 3.20. The van der Waals surface area contributed by atoms with Gasteiger partial charge in [-0.3, -0.25) is 0 Å². The Kier molecular flexibility index (Phi) is 1.92. The van der Waals surface area contributed by atoms with Crippen molar-refractivity contribution in [3.8, 4) is 0 Å². The van der Waals surface area contributed by atoms with Gasteiger partial charge in [0.15, 0.2) is 5.82 Å². The molecule has 0 radical (unpaired) electrons. The highest BCUT2D eigenvalue weighted by molar-refractivity contribution is 9.10. The summed E-state index contributed by atoms with van der Waals surface area (Å²) in [6.07, 6.45) is 0. The molecule has 4 heteroatoms. The summed E-state index contributed by atoms with van der Waals surface area (Å²) in [6, 6.07) is 6.55. The zero-order chi connectivity index (χ0) is 9.42. The summed E-state index contributed by atoms with van der Waals surface area (Å²) in [5.74, 6) is -0.0367. The van der Waals surface area contributed by atoms with Crippen LogP contribution in [0.4, 0.5) is 10.2 Å². The Morgan fingerprint density at radius 3 is 2.85 bits per heavy atom. The summed E-state index contributed by atoms with van der Waals surface area (Å²) in [7, 11) is 0. The van der Waals surface area contributed by atoms with Crippen molar-refractivity contribution >= 4 is 32.7 Å². The number of halogens is 2. The standard InChI is InChI=1S/C9H6BrFN2/c10-6-3-5-1-2-8(12)13-9(5)7(11)4-6/h1-4H,(H2,12,13). The Bertz CT molecular complexity index is 470. The second-order valence-electron chi connectivity index (χ2n) is 2.70. The van der Waals surface area contributed by atoms with Gasteiger partial charge in [-0.15, -0.1) is 0 Å². The Morgan fingerprint density at radius 2 is 2.08 bits per heavy atom. The maximum Gasteiger partial charge on any atom is 0.150 e. The first-order valence-electron chi connectivity index (χ1n) is 3.68. The molecule has 0 aliphatic heterocycles. The van der Waals surface area contributed by atoms with Crippen molar-refractivity contribution in [3.63, 3.8) is 0 Å². The van der Waals surface area contributed by atoms with Crippen LogP contribution in [0.25, 0.3) is 10.9 Å². The van der Waals surface area contributed by atoms with Gasteiger partial charge in [0.1, 0.15) is 11.3 Å². The second-order valence-corrected chi connectivity index (χ2v) is 3.61. The van der Waals surface area contributed by atoms with E-state index in [1.54, 1.807) is 18.2 Å². The van der Waals surface area contributed by atoms with Gasteiger partial charge in [-0.25, -0.2) is 9.37 Å². The first kappa shape index (κ1) is 8.44. The van der Waals surface area contributed by atoms with Crippen LogP contribution in [0.15, 0.2) is 28.7 Å². The predicted molar refractivity (Wildman–Crippen MR) is 53.8 cm³/mol. The maximum atomic E-state index is 13.3. The number of nitrogens with two attached hydrogens (primary N) is 1. The smallest absolute Gasteiger partial charge is 0.150 e. The fourth-order valence-electron chi connectivity index (χ4n) is 1.17. The first-order valence-corrected chi connectivity index (χ1v) is 4.47. The minimum absolute atomic E-state index is 0.309. The molecule has 2 N–H and O–H groups in total. The average molecular weight is 241 g/mol. The van der Waals surface area contributed by atoms with Gasteiger partial charge in [0, 0.05) is 9.86 Å². The van der Waals surface area contributed by atoms with E-state index in [4.69, 9.17) is 5.73 Å². The fraction of sp³-hybridized carbons (Fsp3) is 0. The van der Waals surface area contributed by atoms with Gasteiger partial charge >= 0.3 is 0 Å². The molecule has 0 unspecified atom stereocenters. The molecule has 13 heavy (non-hydrogen) atoms. The van der Waals surface area contributed by atoms with Gasteiger partial charge in [-0.05, 0) is 24.3 Å². The molecule has 2 rings (SSSR count). The van der Waals surface area contributed by atoms with Gasteiger partial charge in [-0.1, -0.05) is 15.9 Å². The van der Waals surface area contributed by atoms with Crippen molar-refractivity contribution in [3.05, 3.63) is 34.6 Å². The third-order valence-electron chi connectivity index (χ3n) is 1.73. The summed E-state index contributed by atoms with van der Waals surface area (Å²) < 4.78 is 14.0. The van der Waals surface area contributed by atoms with Gasteiger partial charge in [0.25, 0.3) is 0 Å². The van der Waals surface area contributed by atoms with Gasteiger partial charge in [0.05, 0.1) is 0 Å². The molecule has 0 aliphatic rings. The van der Waals surface area contributed by atoms with Crippen molar-refractivity contribution in [1.29, 1.82) is 0 Å². The molecule has 1 heterocycles. The molecule has 0 aliphatic carbocycles. The molecular weight excluding hydrogens is 235 g/mol. The van der Waals surface area contributed by atoms with Crippen molar-refractivity contribution in [2.24, 2.45) is 0 Å². The van der Waals surface area contributed by atoms with Crippen molar-refractivity contribution in [1.82, 2.24) is 4.98 Å². The van der Waals surface area contributed by atoms with E-state index in [0.717, 1.165) is 5.39 Å². The number of nitrogen functional groups attached to an aromatic ring is 1. The molecule has 0 fully saturated rings. The fourth-order valence-corrected chi connectivity index (χ4v) is 1.62.